The van der Waals surface area contributed by atoms with E-state index in [0.717, 1.165) is 25.0 Å². The van der Waals surface area contributed by atoms with E-state index in [1.165, 1.54) is 19.6 Å². The van der Waals surface area contributed by atoms with Gasteiger partial charge in [0.25, 0.3) is 5.91 Å². The first kappa shape index (κ1) is 15.1. The van der Waals surface area contributed by atoms with Crippen LogP contribution in [0.3, 0.4) is 0 Å². The fourth-order valence-electron chi connectivity index (χ4n) is 2.04. The first-order valence-corrected chi connectivity index (χ1v) is 6.99. The summed E-state index contributed by atoms with van der Waals surface area (Å²) in [7, 11) is 1.37. The van der Waals surface area contributed by atoms with Gasteiger partial charge in [0.05, 0.1) is 18.5 Å². The molecule has 1 fully saturated rings. The van der Waals surface area contributed by atoms with Gasteiger partial charge in [0.15, 0.2) is 11.6 Å². The van der Waals surface area contributed by atoms with Crippen LogP contribution >= 0.6 is 0 Å². The van der Waals surface area contributed by atoms with Crippen molar-refractivity contribution in [2.45, 2.75) is 18.9 Å². The number of benzene rings is 1. The number of anilines is 2. The average molecular weight is 320 g/mol. The molecule has 6 nitrogen and oxygen atoms in total. The fourth-order valence-corrected chi connectivity index (χ4v) is 2.04. The second kappa shape index (κ2) is 6.15. The lowest BCUT2D eigenvalue weighted by Crippen LogP contribution is -2.16. The third-order valence-electron chi connectivity index (χ3n) is 3.36. The molecule has 0 unspecified atom stereocenters. The second-order valence-corrected chi connectivity index (χ2v) is 5.13. The van der Waals surface area contributed by atoms with Crippen molar-refractivity contribution in [1.29, 1.82) is 0 Å². The monoisotopic (exact) mass is 320 g/mol. The summed E-state index contributed by atoms with van der Waals surface area (Å²) in [6, 6.07) is 2.18. The zero-order valence-electron chi connectivity index (χ0n) is 12.3. The first-order valence-electron chi connectivity index (χ1n) is 6.99. The van der Waals surface area contributed by atoms with E-state index < -0.39 is 17.5 Å². The number of hydrogen-bond donors (Lipinski definition) is 2. The molecule has 0 radical (unpaired) electrons. The molecule has 0 aliphatic heterocycles. The Kier molecular flexibility index (Phi) is 4.05. The van der Waals surface area contributed by atoms with Crippen molar-refractivity contribution >= 4 is 17.3 Å². The van der Waals surface area contributed by atoms with Crippen molar-refractivity contribution in [1.82, 2.24) is 9.97 Å². The highest BCUT2D eigenvalue weighted by Crippen LogP contribution is 2.31. The van der Waals surface area contributed by atoms with Gasteiger partial charge in [-0.2, -0.15) is 0 Å². The number of hydrogen-bond acceptors (Lipinski definition) is 5. The molecule has 2 N–H and O–H groups in total. The summed E-state index contributed by atoms with van der Waals surface area (Å²) in [5.41, 5.74) is 0.569. The Balaban J connectivity index is 1.89. The molecular formula is C15H14F2N4O2. The third-order valence-corrected chi connectivity index (χ3v) is 3.36. The SMILES string of the molecule is COc1ncncc1C(=O)Nc1cc(F)c(F)cc1NC1CC1. The smallest absolute Gasteiger partial charge is 0.262 e. The predicted molar refractivity (Wildman–Crippen MR) is 79.5 cm³/mol. The third kappa shape index (κ3) is 3.36. The van der Waals surface area contributed by atoms with E-state index in [1.807, 2.05) is 0 Å². The van der Waals surface area contributed by atoms with E-state index in [2.05, 4.69) is 20.6 Å². The van der Waals surface area contributed by atoms with Gasteiger partial charge >= 0.3 is 0 Å². The zero-order valence-corrected chi connectivity index (χ0v) is 12.3. The van der Waals surface area contributed by atoms with Crippen LogP contribution in [0.5, 0.6) is 5.88 Å². The lowest BCUT2D eigenvalue weighted by atomic mass is 10.2. The Morgan fingerprint density at radius 3 is 2.61 bits per heavy atom. The summed E-state index contributed by atoms with van der Waals surface area (Å²) in [6.45, 7) is 0. The maximum absolute atomic E-state index is 13.5. The molecule has 1 amide bonds. The van der Waals surface area contributed by atoms with Crippen molar-refractivity contribution < 1.29 is 18.3 Å². The van der Waals surface area contributed by atoms with Gasteiger partial charge in [-0.1, -0.05) is 0 Å². The molecular weight excluding hydrogens is 306 g/mol. The Labute approximate surface area is 130 Å². The summed E-state index contributed by atoms with van der Waals surface area (Å²) >= 11 is 0. The second-order valence-electron chi connectivity index (χ2n) is 5.13. The van der Waals surface area contributed by atoms with Crippen LogP contribution in [0.15, 0.2) is 24.7 Å². The first-order chi connectivity index (χ1) is 11.1. The number of aromatic nitrogens is 2. The van der Waals surface area contributed by atoms with Crippen molar-refractivity contribution in [3.8, 4) is 5.88 Å². The Morgan fingerprint density at radius 2 is 1.96 bits per heavy atom. The van der Waals surface area contributed by atoms with Crippen LogP contribution in [0.25, 0.3) is 0 Å². The number of carbonyl (C=O) groups excluding carboxylic acids is 1. The number of halogens is 2. The molecule has 1 aromatic heterocycles. The molecule has 0 atom stereocenters. The van der Waals surface area contributed by atoms with Gasteiger partial charge in [-0.25, -0.2) is 18.7 Å². The summed E-state index contributed by atoms with van der Waals surface area (Å²) in [6.07, 6.45) is 4.43. The average Bonchev–Trinajstić information content (AvgIpc) is 3.36. The Morgan fingerprint density at radius 1 is 1.26 bits per heavy atom. The van der Waals surface area contributed by atoms with E-state index in [1.54, 1.807) is 0 Å². The molecule has 1 aromatic carbocycles. The highest BCUT2D eigenvalue weighted by molar-refractivity contribution is 6.07. The number of methoxy groups -OCH3 is 1. The van der Waals surface area contributed by atoms with Gasteiger partial charge in [0.1, 0.15) is 11.9 Å². The zero-order chi connectivity index (χ0) is 16.4. The number of rotatable bonds is 5. The predicted octanol–water partition coefficient (Wildman–Crippen LogP) is 2.59. The number of nitrogens with one attached hydrogen (secondary N) is 2. The van der Waals surface area contributed by atoms with E-state index in [0.29, 0.717) is 5.69 Å². The molecule has 2 aromatic rings. The lowest BCUT2D eigenvalue weighted by molar-refractivity contribution is 0.102. The highest BCUT2D eigenvalue weighted by Gasteiger charge is 2.24. The molecule has 1 aliphatic rings. The van der Waals surface area contributed by atoms with Gasteiger partial charge in [-0.15, -0.1) is 0 Å². The molecule has 1 heterocycles. The Bertz CT molecular complexity index is 750. The molecule has 1 aliphatic carbocycles. The van der Waals surface area contributed by atoms with Gasteiger partial charge in [0.2, 0.25) is 5.88 Å². The minimum atomic E-state index is -1.04. The molecule has 1 saturated carbocycles. The van der Waals surface area contributed by atoms with Gasteiger partial charge < -0.3 is 15.4 Å². The highest BCUT2D eigenvalue weighted by atomic mass is 19.2. The van der Waals surface area contributed by atoms with Crippen LogP contribution in [0, 0.1) is 11.6 Å². The van der Waals surface area contributed by atoms with Crippen molar-refractivity contribution in [3.63, 3.8) is 0 Å². The van der Waals surface area contributed by atoms with Crippen molar-refractivity contribution in [2.75, 3.05) is 17.7 Å². The minimum Gasteiger partial charge on any atom is -0.480 e. The number of nitrogens with zero attached hydrogens (tertiary/aromatic N) is 2. The Hall–Kier alpha value is -2.77. The van der Waals surface area contributed by atoms with Crippen LogP contribution in [-0.2, 0) is 0 Å². The van der Waals surface area contributed by atoms with Crippen LogP contribution in [0.2, 0.25) is 0 Å². The molecule has 23 heavy (non-hydrogen) atoms. The summed E-state index contributed by atoms with van der Waals surface area (Å²) < 4.78 is 31.9. The minimum absolute atomic E-state index is 0.0942. The lowest BCUT2D eigenvalue weighted by Gasteiger charge is -2.14. The molecule has 3 rings (SSSR count). The molecule has 0 saturated heterocycles. The summed E-state index contributed by atoms with van der Waals surface area (Å²) in [4.78, 5) is 19.9. The van der Waals surface area contributed by atoms with Gasteiger partial charge in [0, 0.05) is 24.4 Å². The molecule has 0 bridgehead atoms. The molecule has 0 spiro atoms. The maximum atomic E-state index is 13.5. The van der Waals surface area contributed by atoms with Gasteiger partial charge in [-0.05, 0) is 12.8 Å². The van der Waals surface area contributed by atoms with Crippen molar-refractivity contribution in [2.24, 2.45) is 0 Å². The number of carbonyl (C=O) groups is 1. The summed E-state index contributed by atoms with van der Waals surface area (Å²) in [5, 5.41) is 5.59. The van der Waals surface area contributed by atoms with Crippen molar-refractivity contribution in [3.05, 3.63) is 41.9 Å². The van der Waals surface area contributed by atoms with Crippen LogP contribution in [-0.4, -0.2) is 29.0 Å². The number of amides is 1. The van der Waals surface area contributed by atoms with E-state index in [9.17, 15) is 13.6 Å². The summed E-state index contributed by atoms with van der Waals surface area (Å²) in [5.74, 6) is -2.51. The largest absolute Gasteiger partial charge is 0.480 e. The van der Waals surface area contributed by atoms with Gasteiger partial charge in [-0.3, -0.25) is 4.79 Å². The number of ether oxygens (including phenoxy) is 1. The topological polar surface area (TPSA) is 76.1 Å². The maximum Gasteiger partial charge on any atom is 0.262 e. The van der Waals surface area contributed by atoms with E-state index in [-0.39, 0.29) is 23.2 Å². The normalized spacial score (nSPS) is 13.5. The fraction of sp³-hybridized carbons (Fsp3) is 0.267. The molecule has 120 valence electrons. The quantitative estimate of drug-likeness (QED) is 0.885. The standard InChI is InChI=1S/C15H14F2N4O2/c1-23-15-9(6-18-7-19-15)14(22)21-13-5-11(17)10(16)4-12(13)20-8-2-3-8/h4-8,20H,2-3H2,1H3,(H,21,22). The molecule has 8 heteroatoms. The van der Waals surface area contributed by atoms with Crippen LogP contribution < -0.4 is 15.4 Å². The van der Waals surface area contributed by atoms with Crippen LogP contribution in [0.4, 0.5) is 20.2 Å². The van der Waals surface area contributed by atoms with Crippen LogP contribution in [0.1, 0.15) is 23.2 Å². The van der Waals surface area contributed by atoms with E-state index >= 15 is 0 Å². The van der Waals surface area contributed by atoms with E-state index in [4.69, 9.17) is 4.74 Å².